The smallest absolute Gasteiger partial charge is 0.265 e. The quantitative estimate of drug-likeness (QED) is 0.259. The number of nitrogens with one attached hydrogen (secondary N) is 2. The topological polar surface area (TPSA) is 102 Å². The fourth-order valence-corrected chi connectivity index (χ4v) is 3.15. The second-order valence-electron chi connectivity index (χ2n) is 6.93. The van der Waals surface area contributed by atoms with Crippen LogP contribution in [0.4, 0.5) is 0 Å². The Balaban J connectivity index is 1.58. The maximum Gasteiger partial charge on any atom is 0.265 e. The summed E-state index contributed by atoms with van der Waals surface area (Å²) in [5, 5.41) is 0. The minimum Gasteiger partial charge on any atom is -0.493 e. The lowest BCUT2D eigenvalue weighted by Crippen LogP contribution is -2.29. The molecule has 3 aromatic carbocycles. The molecule has 0 aliphatic carbocycles. The number of hydrogen-bond acceptors (Lipinski definition) is 5. The summed E-state index contributed by atoms with van der Waals surface area (Å²) in [4.78, 5) is 19.6. The van der Waals surface area contributed by atoms with Gasteiger partial charge >= 0.3 is 0 Å². The molecule has 7 heteroatoms. The third-order valence-electron chi connectivity index (χ3n) is 4.83. The zero-order chi connectivity index (χ0) is 21.1. The summed E-state index contributed by atoms with van der Waals surface area (Å²) >= 11 is 0. The van der Waals surface area contributed by atoms with Crippen molar-refractivity contribution < 1.29 is 14.3 Å². The van der Waals surface area contributed by atoms with Gasteiger partial charge in [-0.05, 0) is 48.9 Å². The SMILES string of the molecule is COc1cc(-c2nc3ccc(C(=O)NN)cc3[nH]2)ccc1OCc1ccc(C)cc1. The number of imidazole rings is 1. The van der Waals surface area contributed by atoms with E-state index in [-0.39, 0.29) is 5.91 Å². The van der Waals surface area contributed by atoms with E-state index >= 15 is 0 Å². The van der Waals surface area contributed by atoms with E-state index in [1.54, 1.807) is 25.3 Å². The van der Waals surface area contributed by atoms with Crippen LogP contribution in [0.2, 0.25) is 0 Å². The van der Waals surface area contributed by atoms with Gasteiger partial charge in [0.1, 0.15) is 12.4 Å². The lowest BCUT2D eigenvalue weighted by molar-refractivity contribution is 0.0954. The van der Waals surface area contributed by atoms with Crippen molar-refractivity contribution >= 4 is 16.9 Å². The molecule has 0 aliphatic rings. The highest BCUT2D eigenvalue weighted by atomic mass is 16.5. The molecule has 30 heavy (non-hydrogen) atoms. The molecule has 0 aliphatic heterocycles. The predicted octanol–water partition coefficient (Wildman–Crippen LogP) is 3.73. The van der Waals surface area contributed by atoms with Crippen LogP contribution in [0.1, 0.15) is 21.5 Å². The van der Waals surface area contributed by atoms with E-state index in [9.17, 15) is 4.79 Å². The van der Waals surface area contributed by atoms with E-state index in [1.807, 2.05) is 30.3 Å². The van der Waals surface area contributed by atoms with Crippen LogP contribution in [-0.2, 0) is 6.61 Å². The molecule has 7 nitrogen and oxygen atoms in total. The highest BCUT2D eigenvalue weighted by Crippen LogP contribution is 2.33. The van der Waals surface area contributed by atoms with E-state index in [0.717, 1.165) is 22.2 Å². The zero-order valence-electron chi connectivity index (χ0n) is 16.7. The molecule has 1 heterocycles. The van der Waals surface area contributed by atoms with Crippen molar-refractivity contribution in [1.82, 2.24) is 15.4 Å². The van der Waals surface area contributed by atoms with Crippen molar-refractivity contribution in [1.29, 1.82) is 0 Å². The number of amides is 1. The first-order valence-corrected chi connectivity index (χ1v) is 9.45. The summed E-state index contributed by atoms with van der Waals surface area (Å²) in [6.45, 7) is 2.50. The maximum atomic E-state index is 11.7. The molecule has 1 amide bonds. The fourth-order valence-electron chi connectivity index (χ4n) is 3.15. The second kappa shape index (κ2) is 8.26. The molecule has 0 saturated heterocycles. The van der Waals surface area contributed by atoms with Crippen LogP contribution in [0.15, 0.2) is 60.7 Å². The minimum atomic E-state index is -0.357. The summed E-state index contributed by atoms with van der Waals surface area (Å²) in [7, 11) is 1.61. The molecule has 152 valence electrons. The Kier molecular flexibility index (Phi) is 5.36. The molecule has 0 fully saturated rings. The first-order chi connectivity index (χ1) is 14.6. The van der Waals surface area contributed by atoms with E-state index in [2.05, 4.69) is 34.5 Å². The van der Waals surface area contributed by atoms with Gasteiger partial charge in [-0.25, -0.2) is 10.8 Å². The Morgan fingerprint density at radius 2 is 1.87 bits per heavy atom. The van der Waals surface area contributed by atoms with E-state index in [1.165, 1.54) is 5.56 Å². The van der Waals surface area contributed by atoms with Crippen LogP contribution in [-0.4, -0.2) is 23.0 Å². The van der Waals surface area contributed by atoms with Gasteiger partial charge in [-0.1, -0.05) is 29.8 Å². The number of carbonyl (C=O) groups excluding carboxylic acids is 1. The summed E-state index contributed by atoms with van der Waals surface area (Å²) < 4.78 is 11.5. The number of fused-ring (bicyclic) bond motifs is 1. The molecule has 0 bridgehead atoms. The second-order valence-corrected chi connectivity index (χ2v) is 6.93. The van der Waals surface area contributed by atoms with Crippen LogP contribution >= 0.6 is 0 Å². The Morgan fingerprint density at radius 1 is 1.07 bits per heavy atom. The molecule has 0 unspecified atom stereocenters. The van der Waals surface area contributed by atoms with Gasteiger partial charge in [0.15, 0.2) is 11.5 Å². The normalized spacial score (nSPS) is 10.8. The van der Waals surface area contributed by atoms with Gasteiger partial charge in [-0.15, -0.1) is 0 Å². The number of methoxy groups -OCH3 is 1. The van der Waals surface area contributed by atoms with Crippen molar-refractivity contribution in [3.63, 3.8) is 0 Å². The van der Waals surface area contributed by atoms with E-state index in [0.29, 0.717) is 29.5 Å². The number of hydrogen-bond donors (Lipinski definition) is 3. The lowest BCUT2D eigenvalue weighted by atomic mass is 10.1. The number of aromatic amines is 1. The molecular formula is C23H22N4O3. The molecule has 4 rings (SSSR count). The van der Waals surface area contributed by atoms with Gasteiger partial charge in [-0.3, -0.25) is 10.2 Å². The van der Waals surface area contributed by atoms with Crippen LogP contribution in [0.3, 0.4) is 0 Å². The van der Waals surface area contributed by atoms with Crippen LogP contribution in [0, 0.1) is 6.92 Å². The Labute approximate surface area is 173 Å². The van der Waals surface area contributed by atoms with Crippen molar-refractivity contribution in [2.75, 3.05) is 7.11 Å². The third kappa shape index (κ3) is 3.97. The minimum absolute atomic E-state index is 0.357. The number of nitrogens with zero attached hydrogens (tertiary/aromatic N) is 1. The van der Waals surface area contributed by atoms with Gasteiger partial charge in [-0.2, -0.15) is 0 Å². The zero-order valence-corrected chi connectivity index (χ0v) is 16.7. The van der Waals surface area contributed by atoms with Crippen molar-refractivity contribution in [3.05, 3.63) is 77.4 Å². The third-order valence-corrected chi connectivity index (χ3v) is 4.83. The molecule has 0 radical (unpaired) electrons. The first-order valence-electron chi connectivity index (χ1n) is 9.45. The summed E-state index contributed by atoms with van der Waals surface area (Å²) in [6.07, 6.45) is 0. The number of aromatic nitrogens is 2. The molecule has 1 aromatic heterocycles. The van der Waals surface area contributed by atoms with Gasteiger partial charge in [0.05, 0.1) is 18.1 Å². The highest BCUT2D eigenvalue weighted by molar-refractivity contribution is 5.97. The predicted molar refractivity (Wildman–Crippen MR) is 115 cm³/mol. The monoisotopic (exact) mass is 402 g/mol. The fraction of sp³-hybridized carbons (Fsp3) is 0.130. The van der Waals surface area contributed by atoms with E-state index in [4.69, 9.17) is 15.3 Å². The summed E-state index contributed by atoms with van der Waals surface area (Å²) in [5.41, 5.74) is 7.21. The number of ether oxygens (including phenoxy) is 2. The van der Waals surface area contributed by atoms with Gasteiger partial charge in [0, 0.05) is 11.1 Å². The van der Waals surface area contributed by atoms with Crippen molar-refractivity contribution in [2.24, 2.45) is 5.84 Å². The number of aryl methyl sites for hydroxylation is 1. The van der Waals surface area contributed by atoms with Gasteiger partial charge < -0.3 is 14.5 Å². The maximum absolute atomic E-state index is 11.7. The van der Waals surface area contributed by atoms with Crippen LogP contribution in [0.5, 0.6) is 11.5 Å². The lowest BCUT2D eigenvalue weighted by Gasteiger charge is -2.12. The standard InChI is InChI=1S/C23H22N4O3/c1-14-3-5-15(6-4-14)13-30-20-10-8-16(12-21(20)29-2)22-25-18-9-7-17(23(28)27-24)11-19(18)26-22/h3-12H,13,24H2,1-2H3,(H,25,26)(H,27,28). The molecule has 4 N–H and O–H groups in total. The number of benzene rings is 3. The Hall–Kier alpha value is -3.84. The Morgan fingerprint density at radius 3 is 2.60 bits per heavy atom. The molecule has 0 spiro atoms. The largest absolute Gasteiger partial charge is 0.493 e. The highest BCUT2D eigenvalue weighted by Gasteiger charge is 2.12. The average molecular weight is 402 g/mol. The average Bonchev–Trinajstić information content (AvgIpc) is 3.21. The number of rotatable bonds is 6. The number of nitrogen functional groups attached to an aromatic ring is 1. The Bertz CT molecular complexity index is 1200. The first kappa shape index (κ1) is 19.5. The molecule has 0 atom stereocenters. The van der Waals surface area contributed by atoms with Crippen molar-refractivity contribution in [3.8, 4) is 22.9 Å². The van der Waals surface area contributed by atoms with Crippen molar-refractivity contribution in [2.45, 2.75) is 13.5 Å². The number of carbonyl (C=O) groups is 1. The van der Waals surface area contributed by atoms with E-state index < -0.39 is 0 Å². The summed E-state index contributed by atoms with van der Waals surface area (Å²) in [5.74, 6) is 6.78. The molecule has 4 aromatic rings. The number of H-pyrrole nitrogens is 1. The molecule has 0 saturated carbocycles. The molecular weight excluding hydrogens is 380 g/mol. The summed E-state index contributed by atoms with van der Waals surface area (Å²) in [6, 6.07) is 19.0. The number of nitrogens with two attached hydrogens (primary N) is 1. The van der Waals surface area contributed by atoms with Gasteiger partial charge in [0.25, 0.3) is 5.91 Å². The van der Waals surface area contributed by atoms with Crippen LogP contribution in [0.25, 0.3) is 22.4 Å². The van der Waals surface area contributed by atoms with Gasteiger partial charge in [0.2, 0.25) is 0 Å². The van der Waals surface area contributed by atoms with Crippen LogP contribution < -0.4 is 20.7 Å². The number of hydrazine groups is 1.